The van der Waals surface area contributed by atoms with Crippen molar-refractivity contribution >= 4 is 40.1 Å². The Morgan fingerprint density at radius 3 is 2.56 bits per heavy atom. The van der Waals surface area contributed by atoms with E-state index < -0.39 is 17.9 Å². The molecule has 0 saturated heterocycles. The maximum Gasteiger partial charge on any atom is 0.313 e. The van der Waals surface area contributed by atoms with Gasteiger partial charge in [0.2, 0.25) is 0 Å². The Labute approximate surface area is 160 Å². The normalized spacial score (nSPS) is 12.0. The first-order valence-electron chi connectivity index (χ1n) is 8.33. The van der Waals surface area contributed by atoms with Crippen LogP contribution in [0.15, 0.2) is 40.8 Å². The number of halogens is 2. The second-order valence-corrected chi connectivity index (χ2v) is 6.75. The molecule has 140 valence electrons. The Kier molecular flexibility index (Phi) is 5.19. The van der Waals surface area contributed by atoms with Crippen molar-refractivity contribution in [3.63, 3.8) is 0 Å². The summed E-state index contributed by atoms with van der Waals surface area (Å²) in [5.74, 6) is -1.53. The molecule has 0 radical (unpaired) electrons. The molecular formula is C20H18ClFN2O3. The molecule has 3 rings (SSSR count). The van der Waals surface area contributed by atoms with Gasteiger partial charge in [0.05, 0.1) is 6.04 Å². The maximum atomic E-state index is 13.4. The van der Waals surface area contributed by atoms with E-state index in [1.807, 2.05) is 6.92 Å². The Hall–Kier alpha value is -2.86. The van der Waals surface area contributed by atoms with E-state index in [9.17, 15) is 14.0 Å². The number of fused-ring (bicyclic) bond motifs is 1. The minimum atomic E-state index is -0.818. The van der Waals surface area contributed by atoms with Gasteiger partial charge in [0, 0.05) is 21.7 Å². The van der Waals surface area contributed by atoms with Crippen molar-refractivity contribution < 1.29 is 18.4 Å². The maximum absolute atomic E-state index is 13.4. The first-order chi connectivity index (χ1) is 12.8. The predicted molar refractivity (Wildman–Crippen MR) is 102 cm³/mol. The van der Waals surface area contributed by atoms with Gasteiger partial charge in [0.15, 0.2) is 0 Å². The van der Waals surface area contributed by atoms with Crippen LogP contribution < -0.4 is 10.6 Å². The summed E-state index contributed by atoms with van der Waals surface area (Å²) in [4.78, 5) is 24.3. The van der Waals surface area contributed by atoms with Gasteiger partial charge in [0.1, 0.15) is 17.2 Å². The van der Waals surface area contributed by atoms with Crippen molar-refractivity contribution in [2.45, 2.75) is 26.8 Å². The van der Waals surface area contributed by atoms with E-state index in [1.54, 1.807) is 32.0 Å². The van der Waals surface area contributed by atoms with Crippen molar-refractivity contribution in [2.24, 2.45) is 0 Å². The lowest BCUT2D eigenvalue weighted by atomic mass is 10.1. The molecule has 2 amide bonds. The van der Waals surface area contributed by atoms with Gasteiger partial charge in [-0.2, -0.15) is 0 Å². The molecule has 2 aromatic carbocycles. The van der Waals surface area contributed by atoms with Crippen LogP contribution in [-0.4, -0.2) is 11.8 Å². The molecule has 1 atom stereocenters. The summed E-state index contributed by atoms with van der Waals surface area (Å²) in [6.07, 6.45) is 0. The van der Waals surface area contributed by atoms with Crippen LogP contribution in [0, 0.1) is 19.7 Å². The van der Waals surface area contributed by atoms with Gasteiger partial charge < -0.3 is 15.1 Å². The van der Waals surface area contributed by atoms with Gasteiger partial charge >= 0.3 is 11.8 Å². The molecule has 0 aliphatic heterocycles. The molecule has 0 fully saturated rings. The molecule has 0 aliphatic rings. The highest BCUT2D eigenvalue weighted by Gasteiger charge is 2.22. The second kappa shape index (κ2) is 7.40. The van der Waals surface area contributed by atoms with E-state index in [0.717, 1.165) is 5.56 Å². The van der Waals surface area contributed by atoms with Crippen molar-refractivity contribution in [3.05, 3.63) is 64.1 Å². The number of hydrogen-bond acceptors (Lipinski definition) is 3. The number of amides is 2. The van der Waals surface area contributed by atoms with Gasteiger partial charge in [-0.05, 0) is 56.7 Å². The Morgan fingerprint density at radius 1 is 1.11 bits per heavy atom. The number of aryl methyl sites for hydroxylation is 2. The first-order valence-corrected chi connectivity index (χ1v) is 8.70. The summed E-state index contributed by atoms with van der Waals surface area (Å²) in [5, 5.41) is 6.21. The third-order valence-electron chi connectivity index (χ3n) is 4.31. The fourth-order valence-electron chi connectivity index (χ4n) is 2.81. The van der Waals surface area contributed by atoms with Crippen LogP contribution in [0.3, 0.4) is 0 Å². The highest BCUT2D eigenvalue weighted by Crippen LogP contribution is 2.30. The van der Waals surface area contributed by atoms with Gasteiger partial charge in [-0.15, -0.1) is 0 Å². The van der Waals surface area contributed by atoms with E-state index in [-0.39, 0.29) is 5.82 Å². The van der Waals surface area contributed by atoms with E-state index in [1.165, 1.54) is 18.2 Å². The van der Waals surface area contributed by atoms with E-state index >= 15 is 0 Å². The summed E-state index contributed by atoms with van der Waals surface area (Å²) < 4.78 is 19.1. The third kappa shape index (κ3) is 3.95. The zero-order chi connectivity index (χ0) is 19.7. The molecule has 3 aromatic rings. The predicted octanol–water partition coefficient (Wildman–Crippen LogP) is 4.66. The Morgan fingerprint density at radius 2 is 1.85 bits per heavy atom. The van der Waals surface area contributed by atoms with E-state index in [2.05, 4.69) is 10.6 Å². The molecule has 0 spiro atoms. The van der Waals surface area contributed by atoms with Gasteiger partial charge in [-0.1, -0.05) is 17.7 Å². The van der Waals surface area contributed by atoms with Crippen LogP contribution in [0.1, 0.15) is 29.9 Å². The molecule has 1 unspecified atom stereocenters. The fourth-order valence-corrected chi connectivity index (χ4v) is 2.99. The van der Waals surface area contributed by atoms with E-state index in [4.69, 9.17) is 16.0 Å². The molecule has 1 heterocycles. The van der Waals surface area contributed by atoms with Crippen LogP contribution in [0.4, 0.5) is 10.1 Å². The molecule has 5 nitrogen and oxygen atoms in total. The standard InChI is InChI=1S/C20H18ClFN2O3/c1-10-4-6-14(9-16(10)21)24-20(26)19(25)23-12(3)18-11(2)15-8-13(22)5-7-17(15)27-18/h4-9,12H,1-3H3,(H,23,25)(H,24,26). The van der Waals surface area contributed by atoms with Crippen LogP contribution in [-0.2, 0) is 9.59 Å². The lowest BCUT2D eigenvalue weighted by Gasteiger charge is -2.13. The monoisotopic (exact) mass is 388 g/mol. The largest absolute Gasteiger partial charge is 0.459 e. The molecule has 0 bridgehead atoms. The number of anilines is 1. The Balaban J connectivity index is 1.72. The summed E-state index contributed by atoms with van der Waals surface area (Å²) >= 11 is 6.02. The van der Waals surface area contributed by atoms with Crippen LogP contribution in [0.2, 0.25) is 5.02 Å². The van der Waals surface area contributed by atoms with Crippen LogP contribution in [0.25, 0.3) is 11.0 Å². The minimum Gasteiger partial charge on any atom is -0.459 e. The number of rotatable bonds is 3. The highest BCUT2D eigenvalue weighted by atomic mass is 35.5. The smallest absolute Gasteiger partial charge is 0.313 e. The highest BCUT2D eigenvalue weighted by molar-refractivity contribution is 6.40. The summed E-state index contributed by atoms with van der Waals surface area (Å²) in [5.41, 5.74) is 2.52. The van der Waals surface area contributed by atoms with Crippen LogP contribution in [0.5, 0.6) is 0 Å². The van der Waals surface area contributed by atoms with Crippen molar-refractivity contribution in [1.82, 2.24) is 5.32 Å². The zero-order valence-corrected chi connectivity index (χ0v) is 15.8. The van der Waals surface area contributed by atoms with Crippen molar-refractivity contribution in [3.8, 4) is 0 Å². The zero-order valence-electron chi connectivity index (χ0n) is 15.0. The molecule has 7 heteroatoms. The molecule has 2 N–H and O–H groups in total. The number of carbonyl (C=O) groups is 2. The second-order valence-electron chi connectivity index (χ2n) is 6.35. The minimum absolute atomic E-state index is 0.370. The van der Waals surface area contributed by atoms with Gasteiger partial charge in [-0.3, -0.25) is 9.59 Å². The number of hydrogen-bond donors (Lipinski definition) is 2. The van der Waals surface area contributed by atoms with Crippen LogP contribution >= 0.6 is 11.6 Å². The average Bonchev–Trinajstić information content (AvgIpc) is 2.94. The van der Waals surface area contributed by atoms with Gasteiger partial charge in [-0.25, -0.2) is 4.39 Å². The molecular weight excluding hydrogens is 371 g/mol. The summed E-state index contributed by atoms with van der Waals surface area (Å²) in [7, 11) is 0. The number of furan rings is 1. The topological polar surface area (TPSA) is 71.3 Å². The van der Waals surface area contributed by atoms with Gasteiger partial charge in [0.25, 0.3) is 0 Å². The number of nitrogens with one attached hydrogen (secondary N) is 2. The number of carbonyl (C=O) groups excluding carboxylic acids is 2. The molecule has 0 aliphatic carbocycles. The third-order valence-corrected chi connectivity index (χ3v) is 4.72. The SMILES string of the molecule is Cc1ccc(NC(=O)C(=O)NC(C)c2oc3ccc(F)cc3c2C)cc1Cl. The summed E-state index contributed by atoms with van der Waals surface area (Å²) in [6.45, 7) is 5.30. The van der Waals surface area contributed by atoms with Crippen molar-refractivity contribution in [1.29, 1.82) is 0 Å². The van der Waals surface area contributed by atoms with E-state index in [0.29, 0.717) is 33.0 Å². The Bertz CT molecular complexity index is 1050. The number of benzene rings is 2. The quantitative estimate of drug-likeness (QED) is 0.641. The fraction of sp³-hybridized carbons (Fsp3) is 0.200. The van der Waals surface area contributed by atoms with Crippen molar-refractivity contribution in [2.75, 3.05) is 5.32 Å². The first kappa shape index (κ1) is 18.9. The lowest BCUT2D eigenvalue weighted by molar-refractivity contribution is -0.136. The molecule has 27 heavy (non-hydrogen) atoms. The average molecular weight is 389 g/mol. The molecule has 1 aromatic heterocycles. The molecule has 0 saturated carbocycles. The summed E-state index contributed by atoms with van der Waals surface area (Å²) in [6, 6.07) is 8.62. The lowest BCUT2D eigenvalue weighted by Crippen LogP contribution is -2.37.